The molecular formula is C24H30Cl2N2O2. The number of hydrogen-bond donors (Lipinski definition) is 1. The number of carbonyl (C=O) groups is 2. The molecule has 0 aromatic heterocycles. The summed E-state index contributed by atoms with van der Waals surface area (Å²) in [6.45, 7) is 8.07. The van der Waals surface area contributed by atoms with Gasteiger partial charge in [-0.05, 0) is 56.9 Å². The van der Waals surface area contributed by atoms with E-state index in [9.17, 15) is 9.59 Å². The number of nitrogens with one attached hydrogen (secondary N) is 1. The van der Waals surface area contributed by atoms with Gasteiger partial charge in [-0.2, -0.15) is 0 Å². The van der Waals surface area contributed by atoms with Crippen LogP contribution in [-0.4, -0.2) is 28.8 Å². The molecule has 0 saturated heterocycles. The number of amides is 2. The molecule has 30 heavy (non-hydrogen) atoms. The highest BCUT2D eigenvalue weighted by Gasteiger charge is 2.28. The number of hydrogen-bond acceptors (Lipinski definition) is 2. The molecule has 4 nitrogen and oxygen atoms in total. The fourth-order valence-electron chi connectivity index (χ4n) is 3.28. The van der Waals surface area contributed by atoms with E-state index >= 15 is 0 Å². The summed E-state index contributed by atoms with van der Waals surface area (Å²) in [5, 5.41) is 3.83. The third kappa shape index (κ3) is 7.03. The van der Waals surface area contributed by atoms with E-state index in [4.69, 9.17) is 23.2 Å². The molecule has 0 saturated carbocycles. The zero-order chi connectivity index (χ0) is 22.3. The molecule has 2 aromatic carbocycles. The molecule has 0 bridgehead atoms. The van der Waals surface area contributed by atoms with Crippen LogP contribution < -0.4 is 5.32 Å². The lowest BCUT2D eigenvalue weighted by Gasteiger charge is -2.31. The second-order valence-corrected chi connectivity index (χ2v) is 8.66. The molecule has 0 aliphatic rings. The Hall–Kier alpha value is -2.04. The van der Waals surface area contributed by atoms with E-state index in [1.165, 1.54) is 5.56 Å². The van der Waals surface area contributed by atoms with Crippen molar-refractivity contribution < 1.29 is 9.59 Å². The number of benzene rings is 2. The molecule has 2 aromatic rings. The van der Waals surface area contributed by atoms with Gasteiger partial charge in [0.2, 0.25) is 11.8 Å². The molecule has 1 atom stereocenters. The minimum absolute atomic E-state index is 0.000960. The van der Waals surface area contributed by atoms with Gasteiger partial charge in [-0.3, -0.25) is 9.59 Å². The van der Waals surface area contributed by atoms with E-state index in [2.05, 4.69) is 5.32 Å². The molecule has 2 rings (SSSR count). The third-order valence-corrected chi connectivity index (χ3v) is 5.64. The summed E-state index contributed by atoms with van der Waals surface area (Å²) < 4.78 is 0. The Morgan fingerprint density at radius 3 is 2.20 bits per heavy atom. The van der Waals surface area contributed by atoms with Gasteiger partial charge in [-0.1, -0.05) is 66.0 Å². The summed E-state index contributed by atoms with van der Waals surface area (Å²) in [7, 11) is 0. The average molecular weight is 449 g/mol. The van der Waals surface area contributed by atoms with Crippen LogP contribution in [-0.2, 0) is 22.6 Å². The van der Waals surface area contributed by atoms with Gasteiger partial charge in [0.05, 0.1) is 10.0 Å². The molecule has 0 aliphatic carbocycles. The van der Waals surface area contributed by atoms with E-state index in [-0.39, 0.29) is 17.9 Å². The number of halogens is 2. The first-order valence-corrected chi connectivity index (χ1v) is 11.1. The highest BCUT2D eigenvalue weighted by Crippen LogP contribution is 2.24. The fraction of sp³-hybridized carbons (Fsp3) is 0.417. The van der Waals surface area contributed by atoms with Gasteiger partial charge >= 0.3 is 0 Å². The fourth-order valence-corrected chi connectivity index (χ4v) is 3.61. The average Bonchev–Trinajstić information content (AvgIpc) is 2.69. The third-order valence-electron chi connectivity index (χ3n) is 4.90. The van der Waals surface area contributed by atoms with Gasteiger partial charge in [0.15, 0.2) is 0 Å². The smallest absolute Gasteiger partial charge is 0.243 e. The Morgan fingerprint density at radius 2 is 1.63 bits per heavy atom. The molecule has 0 radical (unpaired) electrons. The van der Waals surface area contributed by atoms with Crippen molar-refractivity contribution in [3.8, 4) is 0 Å². The van der Waals surface area contributed by atoms with Crippen LogP contribution in [0.4, 0.5) is 0 Å². The minimum Gasteiger partial charge on any atom is -0.352 e. The van der Waals surface area contributed by atoms with Gasteiger partial charge in [0.1, 0.15) is 6.04 Å². The maximum absolute atomic E-state index is 13.2. The summed E-state index contributed by atoms with van der Waals surface area (Å²) in [5.41, 5.74) is 3.12. The monoisotopic (exact) mass is 448 g/mol. The van der Waals surface area contributed by atoms with Crippen LogP contribution >= 0.6 is 23.2 Å². The molecule has 2 amide bonds. The summed E-state index contributed by atoms with van der Waals surface area (Å²) in [5.74, 6) is -0.205. The Bertz CT molecular complexity index is 866. The second kappa shape index (κ2) is 11.4. The lowest BCUT2D eigenvalue weighted by atomic mass is 10.0. The predicted octanol–water partition coefficient (Wildman–Crippen LogP) is 5.57. The van der Waals surface area contributed by atoms with Crippen LogP contribution in [0.2, 0.25) is 10.0 Å². The lowest BCUT2D eigenvalue weighted by Crippen LogP contribution is -2.50. The maximum Gasteiger partial charge on any atom is 0.243 e. The highest BCUT2D eigenvalue weighted by atomic mass is 35.5. The zero-order valence-corrected chi connectivity index (χ0v) is 19.6. The SMILES string of the molecule is CC[C@@H](C(=O)NC(C)C)N(Cc1ccc(Cl)c(Cl)c1)C(=O)CCc1ccc(C)cc1. The molecule has 0 unspecified atom stereocenters. The van der Waals surface area contributed by atoms with Crippen molar-refractivity contribution >= 4 is 35.0 Å². The number of carbonyl (C=O) groups excluding carboxylic acids is 2. The molecule has 0 fully saturated rings. The van der Waals surface area contributed by atoms with Crippen molar-refractivity contribution in [2.24, 2.45) is 0 Å². The highest BCUT2D eigenvalue weighted by molar-refractivity contribution is 6.42. The minimum atomic E-state index is -0.549. The number of nitrogens with zero attached hydrogens (tertiary/aromatic N) is 1. The molecular weight excluding hydrogens is 419 g/mol. The van der Waals surface area contributed by atoms with E-state index in [0.717, 1.165) is 11.1 Å². The first kappa shape index (κ1) is 24.2. The molecule has 0 aliphatic heterocycles. The Morgan fingerprint density at radius 1 is 1.00 bits per heavy atom. The normalized spacial score (nSPS) is 12.0. The summed E-state index contributed by atoms with van der Waals surface area (Å²) in [4.78, 5) is 27.7. The van der Waals surface area contributed by atoms with E-state index in [0.29, 0.717) is 35.9 Å². The summed E-state index contributed by atoms with van der Waals surface area (Å²) >= 11 is 12.2. The predicted molar refractivity (Wildman–Crippen MR) is 124 cm³/mol. The van der Waals surface area contributed by atoms with Crippen LogP contribution in [0.5, 0.6) is 0 Å². The Labute approximate surface area is 189 Å². The van der Waals surface area contributed by atoms with Crippen LogP contribution in [0.25, 0.3) is 0 Å². The first-order chi connectivity index (χ1) is 14.2. The van der Waals surface area contributed by atoms with E-state index in [1.807, 2.05) is 58.0 Å². The molecule has 0 spiro atoms. The van der Waals surface area contributed by atoms with Gasteiger partial charge in [-0.25, -0.2) is 0 Å². The number of rotatable bonds is 9. The topological polar surface area (TPSA) is 49.4 Å². The van der Waals surface area contributed by atoms with Gasteiger partial charge in [0.25, 0.3) is 0 Å². The molecule has 0 heterocycles. The summed E-state index contributed by atoms with van der Waals surface area (Å²) in [6.07, 6.45) is 1.48. The first-order valence-electron chi connectivity index (χ1n) is 10.3. The largest absolute Gasteiger partial charge is 0.352 e. The zero-order valence-electron chi connectivity index (χ0n) is 18.0. The van der Waals surface area contributed by atoms with Crippen LogP contribution in [0.3, 0.4) is 0 Å². The van der Waals surface area contributed by atoms with Crippen molar-refractivity contribution in [1.29, 1.82) is 0 Å². The maximum atomic E-state index is 13.2. The second-order valence-electron chi connectivity index (χ2n) is 7.84. The Balaban J connectivity index is 2.23. The van der Waals surface area contributed by atoms with Crippen molar-refractivity contribution in [3.05, 3.63) is 69.2 Å². The van der Waals surface area contributed by atoms with Crippen LogP contribution in [0.15, 0.2) is 42.5 Å². The lowest BCUT2D eigenvalue weighted by molar-refractivity contribution is -0.141. The van der Waals surface area contributed by atoms with Gasteiger partial charge in [-0.15, -0.1) is 0 Å². The molecule has 162 valence electrons. The van der Waals surface area contributed by atoms with Crippen molar-refractivity contribution in [2.75, 3.05) is 0 Å². The van der Waals surface area contributed by atoms with Crippen molar-refractivity contribution in [3.63, 3.8) is 0 Å². The van der Waals surface area contributed by atoms with E-state index < -0.39 is 6.04 Å². The van der Waals surface area contributed by atoms with Gasteiger partial charge < -0.3 is 10.2 Å². The van der Waals surface area contributed by atoms with E-state index in [1.54, 1.807) is 17.0 Å². The van der Waals surface area contributed by atoms with Gasteiger partial charge in [0, 0.05) is 19.0 Å². The molecule has 6 heteroatoms. The van der Waals surface area contributed by atoms with Crippen LogP contribution in [0, 0.1) is 6.92 Å². The standard InChI is InChI=1S/C24H30Cl2N2O2/c1-5-22(24(30)27-16(2)3)28(15-19-10-12-20(25)21(26)14-19)23(29)13-11-18-8-6-17(4)7-9-18/h6-10,12,14,16,22H,5,11,13,15H2,1-4H3,(H,27,30)/t22-/m0/s1. The Kier molecular flexibility index (Phi) is 9.19. The van der Waals surface area contributed by atoms with Crippen molar-refractivity contribution in [1.82, 2.24) is 10.2 Å². The summed E-state index contributed by atoms with van der Waals surface area (Å²) in [6, 6.07) is 12.9. The quantitative estimate of drug-likeness (QED) is 0.545. The number of aryl methyl sites for hydroxylation is 2. The molecule has 1 N–H and O–H groups in total. The van der Waals surface area contributed by atoms with Crippen molar-refractivity contribution in [2.45, 2.75) is 65.6 Å². The van der Waals surface area contributed by atoms with Crippen LogP contribution in [0.1, 0.15) is 50.3 Å².